The molecule has 0 amide bonds. The maximum Gasteiger partial charge on any atom is 0.513 e. The Kier molecular flexibility index (Phi) is 3.97. The van der Waals surface area contributed by atoms with Gasteiger partial charge in [-0.15, -0.1) is 0 Å². The molecule has 0 spiro atoms. The zero-order valence-electron chi connectivity index (χ0n) is 10.1. The van der Waals surface area contributed by atoms with Gasteiger partial charge in [0.1, 0.15) is 6.61 Å². The molecule has 1 nitrogen and oxygen atoms in total. The smallest absolute Gasteiger partial charge is 0.492 e. The number of rotatable bonds is 4. The second-order valence-corrected chi connectivity index (χ2v) is 4.11. The molecule has 2 aromatic rings. The standard InChI is InChI=1S/C13H9BF5O/c15-11-6-3-4-9(13(11)16)8-20-12-7-2-1-5-10(12)14(17,18)19/h1-7H,8H2/q-1. The molecular formula is C13H9BF5O-. The van der Waals surface area contributed by atoms with Crippen LogP contribution in [0, 0.1) is 11.6 Å². The van der Waals surface area contributed by atoms with E-state index in [0.29, 0.717) is 0 Å². The fourth-order valence-corrected chi connectivity index (χ4v) is 1.70. The van der Waals surface area contributed by atoms with Gasteiger partial charge in [0, 0.05) is 5.56 Å². The van der Waals surface area contributed by atoms with E-state index in [1.165, 1.54) is 24.3 Å². The SMILES string of the molecule is Fc1cccc(COc2ccccc2[B-](F)(F)F)c1F. The number of ether oxygens (including phenoxy) is 1. The van der Waals surface area contributed by atoms with Crippen molar-refractivity contribution >= 4 is 12.4 Å². The lowest BCUT2D eigenvalue weighted by Gasteiger charge is -2.19. The lowest BCUT2D eigenvalue weighted by Crippen LogP contribution is -2.35. The summed E-state index contributed by atoms with van der Waals surface area (Å²) in [6, 6.07) is 8.07. The topological polar surface area (TPSA) is 9.23 Å². The van der Waals surface area contributed by atoms with Gasteiger partial charge >= 0.3 is 6.98 Å². The number of para-hydroxylation sites is 1. The summed E-state index contributed by atoms with van der Waals surface area (Å²) in [5.41, 5.74) is -1.04. The van der Waals surface area contributed by atoms with Crippen molar-refractivity contribution < 1.29 is 26.5 Å². The summed E-state index contributed by atoms with van der Waals surface area (Å²) in [5.74, 6) is -2.59. The van der Waals surface area contributed by atoms with Crippen molar-refractivity contribution in [2.45, 2.75) is 6.61 Å². The predicted molar refractivity (Wildman–Crippen MR) is 65.8 cm³/mol. The molecule has 0 N–H and O–H groups in total. The molecule has 0 atom stereocenters. The Hall–Kier alpha value is -2.05. The molecule has 0 aliphatic heterocycles. The molecule has 2 rings (SSSR count). The molecule has 106 valence electrons. The third-order valence-electron chi connectivity index (χ3n) is 2.69. The lowest BCUT2D eigenvalue weighted by molar-refractivity contribution is 0.298. The molecule has 7 heteroatoms. The first kappa shape index (κ1) is 14.4. The van der Waals surface area contributed by atoms with Gasteiger partial charge in [0.25, 0.3) is 0 Å². The molecule has 0 unspecified atom stereocenters. The van der Waals surface area contributed by atoms with Crippen LogP contribution >= 0.6 is 0 Å². The predicted octanol–water partition coefficient (Wildman–Crippen LogP) is 3.60. The van der Waals surface area contributed by atoms with Crippen molar-refractivity contribution in [2.24, 2.45) is 0 Å². The van der Waals surface area contributed by atoms with Gasteiger partial charge in [-0.1, -0.05) is 35.8 Å². The molecule has 2 aromatic carbocycles. The first-order valence-corrected chi connectivity index (χ1v) is 5.74. The van der Waals surface area contributed by atoms with E-state index >= 15 is 0 Å². The summed E-state index contributed by atoms with van der Waals surface area (Å²) in [5, 5.41) is 0. The molecule has 0 aliphatic carbocycles. The van der Waals surface area contributed by atoms with E-state index in [-0.39, 0.29) is 5.56 Å². The van der Waals surface area contributed by atoms with E-state index in [4.69, 9.17) is 4.74 Å². The Balaban J connectivity index is 2.22. The largest absolute Gasteiger partial charge is 0.513 e. The average molecular weight is 287 g/mol. The Morgan fingerprint density at radius 3 is 2.30 bits per heavy atom. The molecule has 0 aliphatic rings. The van der Waals surface area contributed by atoms with Gasteiger partial charge in [0.15, 0.2) is 11.6 Å². The minimum Gasteiger partial charge on any atom is -0.492 e. The molecule has 20 heavy (non-hydrogen) atoms. The van der Waals surface area contributed by atoms with Gasteiger partial charge in [-0.2, -0.15) is 0 Å². The molecule has 0 heterocycles. The molecule has 0 radical (unpaired) electrons. The van der Waals surface area contributed by atoms with Crippen LogP contribution in [0.3, 0.4) is 0 Å². The fraction of sp³-hybridized carbons (Fsp3) is 0.0769. The summed E-state index contributed by atoms with van der Waals surface area (Å²) in [6.45, 7) is -5.71. The molecular weight excluding hydrogens is 278 g/mol. The van der Waals surface area contributed by atoms with Crippen LogP contribution in [0.15, 0.2) is 42.5 Å². The first-order valence-electron chi connectivity index (χ1n) is 5.74. The lowest BCUT2D eigenvalue weighted by atomic mass is 9.79. The van der Waals surface area contributed by atoms with E-state index in [1.807, 2.05) is 0 Å². The van der Waals surface area contributed by atoms with E-state index in [2.05, 4.69) is 0 Å². The van der Waals surface area contributed by atoms with Gasteiger partial charge in [-0.05, 0) is 12.1 Å². The maximum atomic E-state index is 13.4. The van der Waals surface area contributed by atoms with Crippen LogP contribution in [0.25, 0.3) is 0 Å². The van der Waals surface area contributed by atoms with Gasteiger partial charge < -0.3 is 17.7 Å². The van der Waals surface area contributed by atoms with Gasteiger partial charge in [-0.25, -0.2) is 8.78 Å². The van der Waals surface area contributed by atoms with Crippen LogP contribution < -0.4 is 10.2 Å². The quantitative estimate of drug-likeness (QED) is 0.616. The molecule has 0 bridgehead atoms. The summed E-state index contributed by atoms with van der Waals surface area (Å²) < 4.78 is 69.6. The summed E-state index contributed by atoms with van der Waals surface area (Å²) >= 11 is 0. The number of benzene rings is 2. The van der Waals surface area contributed by atoms with Crippen LogP contribution in [0.5, 0.6) is 5.75 Å². The third-order valence-corrected chi connectivity index (χ3v) is 2.69. The molecule has 0 aromatic heterocycles. The second-order valence-electron chi connectivity index (χ2n) is 4.11. The average Bonchev–Trinajstić information content (AvgIpc) is 2.40. The highest BCUT2D eigenvalue weighted by Gasteiger charge is 2.29. The van der Waals surface area contributed by atoms with E-state index in [0.717, 1.165) is 18.2 Å². The van der Waals surface area contributed by atoms with Gasteiger partial charge in [0.05, 0.1) is 5.75 Å². The van der Waals surface area contributed by atoms with E-state index < -0.39 is 36.4 Å². The number of hydrogen-bond donors (Lipinski definition) is 0. The number of halogens is 5. The van der Waals surface area contributed by atoms with Crippen LogP contribution in [0.1, 0.15) is 5.56 Å². The monoisotopic (exact) mass is 287 g/mol. The molecule has 0 fully saturated rings. The fourth-order valence-electron chi connectivity index (χ4n) is 1.70. The van der Waals surface area contributed by atoms with Crippen LogP contribution in [-0.2, 0) is 6.61 Å². The molecule has 0 saturated carbocycles. The summed E-state index contributed by atoms with van der Waals surface area (Å²) in [7, 11) is 0. The van der Waals surface area contributed by atoms with Gasteiger partial charge in [-0.3, -0.25) is 0 Å². The zero-order chi connectivity index (χ0) is 14.8. The van der Waals surface area contributed by atoms with Crippen LogP contribution in [-0.4, -0.2) is 6.98 Å². The number of hydrogen-bond acceptors (Lipinski definition) is 1. The minimum absolute atomic E-state index is 0.144. The van der Waals surface area contributed by atoms with Gasteiger partial charge in [0.2, 0.25) is 0 Å². The third kappa shape index (κ3) is 3.09. The Morgan fingerprint density at radius 1 is 0.900 bits per heavy atom. The summed E-state index contributed by atoms with van der Waals surface area (Å²) in [4.78, 5) is 0. The Bertz CT molecular complexity index is 612. The van der Waals surface area contributed by atoms with Crippen molar-refractivity contribution in [1.29, 1.82) is 0 Å². The van der Waals surface area contributed by atoms with Crippen molar-refractivity contribution in [1.82, 2.24) is 0 Å². The minimum atomic E-state index is -5.23. The zero-order valence-corrected chi connectivity index (χ0v) is 10.1. The van der Waals surface area contributed by atoms with Crippen molar-refractivity contribution in [3.05, 3.63) is 59.7 Å². The first-order chi connectivity index (χ1) is 9.39. The highest BCUT2D eigenvalue weighted by Crippen LogP contribution is 2.19. The Labute approximate surface area is 112 Å². The summed E-state index contributed by atoms with van der Waals surface area (Å²) in [6.07, 6.45) is 0. The maximum absolute atomic E-state index is 13.4. The normalized spacial score (nSPS) is 11.4. The van der Waals surface area contributed by atoms with Crippen molar-refractivity contribution in [3.8, 4) is 5.75 Å². The highest BCUT2D eigenvalue weighted by atomic mass is 19.4. The highest BCUT2D eigenvalue weighted by molar-refractivity contribution is 6.74. The van der Waals surface area contributed by atoms with E-state index in [9.17, 15) is 21.7 Å². The Morgan fingerprint density at radius 2 is 1.60 bits per heavy atom. The van der Waals surface area contributed by atoms with Crippen LogP contribution in [0.4, 0.5) is 21.7 Å². The van der Waals surface area contributed by atoms with E-state index in [1.54, 1.807) is 0 Å². The second kappa shape index (κ2) is 5.52. The molecule has 0 saturated heterocycles. The van der Waals surface area contributed by atoms with Crippen molar-refractivity contribution in [2.75, 3.05) is 0 Å². The van der Waals surface area contributed by atoms with Crippen molar-refractivity contribution in [3.63, 3.8) is 0 Å². The van der Waals surface area contributed by atoms with Crippen LogP contribution in [0.2, 0.25) is 0 Å².